The van der Waals surface area contributed by atoms with E-state index in [-0.39, 0.29) is 5.69 Å². The van der Waals surface area contributed by atoms with Crippen molar-refractivity contribution in [2.75, 3.05) is 18.0 Å². The average molecular weight is 237 g/mol. The highest BCUT2D eigenvalue weighted by Crippen LogP contribution is 2.33. The summed E-state index contributed by atoms with van der Waals surface area (Å²) >= 11 is 0. The first-order valence-electron chi connectivity index (χ1n) is 5.48. The second-order valence-electron chi connectivity index (χ2n) is 4.73. The van der Waals surface area contributed by atoms with E-state index in [1.54, 1.807) is 31.0 Å². The molecule has 1 N–H and O–H groups in total. The minimum Gasteiger partial charge on any atom is -0.388 e. The van der Waals surface area contributed by atoms with Crippen molar-refractivity contribution in [1.82, 2.24) is 4.98 Å². The van der Waals surface area contributed by atoms with Gasteiger partial charge in [0, 0.05) is 24.8 Å². The van der Waals surface area contributed by atoms with Crippen molar-refractivity contribution >= 4 is 11.5 Å². The molecule has 0 amide bonds. The summed E-state index contributed by atoms with van der Waals surface area (Å²) in [4.78, 5) is 16.5. The highest BCUT2D eigenvalue weighted by Gasteiger charge is 2.35. The van der Waals surface area contributed by atoms with Crippen molar-refractivity contribution in [2.45, 2.75) is 25.9 Å². The fourth-order valence-corrected chi connectivity index (χ4v) is 2.12. The zero-order valence-corrected chi connectivity index (χ0v) is 9.88. The summed E-state index contributed by atoms with van der Waals surface area (Å²) in [6.45, 7) is 4.39. The molecule has 1 saturated heterocycles. The minimum atomic E-state index is -0.792. The molecule has 2 heterocycles. The third-order valence-electron chi connectivity index (χ3n) is 3.04. The molecular weight excluding hydrogens is 222 g/mol. The molecule has 0 aromatic carbocycles. The highest BCUT2D eigenvalue weighted by atomic mass is 16.6. The van der Waals surface area contributed by atoms with Crippen LogP contribution >= 0.6 is 0 Å². The van der Waals surface area contributed by atoms with Gasteiger partial charge in [0.05, 0.1) is 10.5 Å². The van der Waals surface area contributed by atoms with E-state index in [0.29, 0.717) is 30.9 Å². The summed E-state index contributed by atoms with van der Waals surface area (Å²) in [5, 5.41) is 20.9. The Balaban J connectivity index is 2.40. The molecule has 0 bridgehead atoms. The number of aliphatic hydroxyl groups is 1. The van der Waals surface area contributed by atoms with Gasteiger partial charge < -0.3 is 10.0 Å². The Kier molecular flexibility index (Phi) is 2.74. The summed E-state index contributed by atoms with van der Waals surface area (Å²) in [7, 11) is 0. The molecule has 6 heteroatoms. The summed E-state index contributed by atoms with van der Waals surface area (Å²) < 4.78 is 0. The van der Waals surface area contributed by atoms with E-state index in [4.69, 9.17) is 0 Å². The fraction of sp³-hybridized carbons (Fsp3) is 0.545. The lowest BCUT2D eigenvalue weighted by atomic mass is 10.1. The second kappa shape index (κ2) is 3.96. The lowest BCUT2D eigenvalue weighted by Gasteiger charge is -2.19. The lowest BCUT2D eigenvalue weighted by molar-refractivity contribution is -0.384. The van der Waals surface area contributed by atoms with Gasteiger partial charge in [-0.05, 0) is 26.3 Å². The van der Waals surface area contributed by atoms with Gasteiger partial charge in [-0.3, -0.25) is 10.1 Å². The largest absolute Gasteiger partial charge is 0.388 e. The molecule has 1 aromatic rings. The molecule has 0 saturated carbocycles. The van der Waals surface area contributed by atoms with Crippen LogP contribution in [0.1, 0.15) is 18.9 Å². The second-order valence-corrected chi connectivity index (χ2v) is 4.73. The van der Waals surface area contributed by atoms with Crippen molar-refractivity contribution in [3.63, 3.8) is 0 Å². The minimum absolute atomic E-state index is 0.0326. The highest BCUT2D eigenvalue weighted by molar-refractivity contribution is 5.62. The van der Waals surface area contributed by atoms with E-state index in [1.807, 2.05) is 0 Å². The van der Waals surface area contributed by atoms with Gasteiger partial charge in [-0.25, -0.2) is 4.98 Å². The number of nitro groups is 1. The van der Waals surface area contributed by atoms with Crippen molar-refractivity contribution < 1.29 is 10.0 Å². The third-order valence-corrected chi connectivity index (χ3v) is 3.04. The van der Waals surface area contributed by atoms with E-state index in [2.05, 4.69) is 4.98 Å². The number of pyridine rings is 1. The molecule has 2 rings (SSSR count). The first-order chi connectivity index (χ1) is 7.91. The number of hydrogen-bond acceptors (Lipinski definition) is 5. The van der Waals surface area contributed by atoms with Crippen molar-refractivity contribution in [3.8, 4) is 0 Å². The molecule has 1 aliphatic rings. The number of hydrogen-bond donors (Lipinski definition) is 1. The molecule has 92 valence electrons. The van der Waals surface area contributed by atoms with Gasteiger partial charge in [0.2, 0.25) is 5.82 Å². The van der Waals surface area contributed by atoms with Crippen LogP contribution in [0, 0.1) is 17.0 Å². The van der Waals surface area contributed by atoms with Gasteiger partial charge in [-0.15, -0.1) is 0 Å². The van der Waals surface area contributed by atoms with Crippen LogP contribution in [-0.4, -0.2) is 33.7 Å². The van der Waals surface area contributed by atoms with Crippen LogP contribution in [0.25, 0.3) is 0 Å². The Morgan fingerprint density at radius 3 is 2.88 bits per heavy atom. The standard InChI is InChI=1S/C11H15N3O3/c1-8-3-5-12-10(9(8)14(16)17)13-6-4-11(2,15)7-13/h3,5,15H,4,6-7H2,1-2H3. The van der Waals surface area contributed by atoms with Crippen LogP contribution in [0.3, 0.4) is 0 Å². The maximum atomic E-state index is 11.0. The van der Waals surface area contributed by atoms with Gasteiger partial charge in [0.1, 0.15) is 0 Å². The number of nitrogens with zero attached hydrogens (tertiary/aromatic N) is 3. The quantitative estimate of drug-likeness (QED) is 0.618. The molecule has 1 fully saturated rings. The van der Waals surface area contributed by atoms with Gasteiger partial charge in [0.15, 0.2) is 0 Å². The lowest BCUT2D eigenvalue weighted by Crippen LogP contribution is -2.30. The smallest absolute Gasteiger partial charge is 0.314 e. The fourth-order valence-electron chi connectivity index (χ4n) is 2.12. The van der Waals surface area contributed by atoms with Gasteiger partial charge in [-0.1, -0.05) is 0 Å². The molecule has 1 aromatic heterocycles. The predicted octanol–water partition coefficient (Wildman–Crippen LogP) is 1.26. The topological polar surface area (TPSA) is 79.5 Å². The Bertz CT molecular complexity index is 459. The van der Waals surface area contributed by atoms with Gasteiger partial charge >= 0.3 is 5.69 Å². The van der Waals surface area contributed by atoms with Crippen LogP contribution in [0.15, 0.2) is 12.3 Å². The molecule has 17 heavy (non-hydrogen) atoms. The van der Waals surface area contributed by atoms with Gasteiger partial charge in [0.25, 0.3) is 0 Å². The Labute approximate surface area is 99.0 Å². The van der Waals surface area contributed by atoms with E-state index >= 15 is 0 Å². The molecular formula is C11H15N3O3. The van der Waals surface area contributed by atoms with E-state index in [1.165, 1.54) is 0 Å². The van der Waals surface area contributed by atoms with E-state index < -0.39 is 10.5 Å². The zero-order valence-electron chi connectivity index (χ0n) is 9.88. The molecule has 1 atom stereocenters. The van der Waals surface area contributed by atoms with E-state index in [9.17, 15) is 15.2 Å². The number of anilines is 1. The average Bonchev–Trinajstić information content (AvgIpc) is 2.57. The van der Waals surface area contributed by atoms with Crippen molar-refractivity contribution in [3.05, 3.63) is 27.9 Å². The Morgan fingerprint density at radius 1 is 1.65 bits per heavy atom. The third kappa shape index (κ3) is 2.21. The van der Waals surface area contributed by atoms with Crippen LogP contribution in [-0.2, 0) is 0 Å². The predicted molar refractivity (Wildman–Crippen MR) is 63.1 cm³/mol. The molecule has 1 unspecified atom stereocenters. The molecule has 0 aliphatic carbocycles. The maximum absolute atomic E-state index is 11.0. The first kappa shape index (κ1) is 11.8. The number of rotatable bonds is 2. The summed E-state index contributed by atoms with van der Waals surface area (Å²) in [5.41, 5.74) is -0.170. The van der Waals surface area contributed by atoms with Crippen molar-refractivity contribution in [2.24, 2.45) is 0 Å². The number of β-amino-alcohol motifs (C(OH)–C–C–N with tert-alkyl or cyclic N) is 1. The summed E-state index contributed by atoms with van der Waals surface area (Å²) in [6.07, 6.45) is 2.16. The normalized spacial score (nSPS) is 24.1. The summed E-state index contributed by atoms with van der Waals surface area (Å²) in [5.74, 6) is 0.354. The maximum Gasteiger partial charge on any atom is 0.314 e. The van der Waals surface area contributed by atoms with Crippen molar-refractivity contribution in [1.29, 1.82) is 0 Å². The van der Waals surface area contributed by atoms with Gasteiger partial charge in [-0.2, -0.15) is 0 Å². The first-order valence-corrected chi connectivity index (χ1v) is 5.48. The molecule has 0 spiro atoms. The molecule has 6 nitrogen and oxygen atoms in total. The molecule has 0 radical (unpaired) electrons. The summed E-state index contributed by atoms with van der Waals surface area (Å²) in [6, 6.07) is 1.62. The van der Waals surface area contributed by atoms with E-state index in [0.717, 1.165) is 0 Å². The van der Waals surface area contributed by atoms with Crippen LogP contribution in [0.2, 0.25) is 0 Å². The van der Waals surface area contributed by atoms with Crippen LogP contribution in [0.5, 0.6) is 0 Å². The SMILES string of the molecule is Cc1ccnc(N2CCC(C)(O)C2)c1[N+](=O)[O-]. The Morgan fingerprint density at radius 2 is 2.35 bits per heavy atom. The zero-order chi connectivity index (χ0) is 12.6. The Hall–Kier alpha value is -1.69. The van der Waals surface area contributed by atoms with Crippen LogP contribution < -0.4 is 4.90 Å². The molecule has 1 aliphatic heterocycles. The monoisotopic (exact) mass is 237 g/mol. The van der Waals surface area contributed by atoms with Crippen LogP contribution in [0.4, 0.5) is 11.5 Å². The number of aromatic nitrogens is 1. The number of aryl methyl sites for hydroxylation is 1.